The molecule has 6 nitrogen and oxygen atoms in total. The molecule has 1 aromatic carbocycles. The summed E-state index contributed by atoms with van der Waals surface area (Å²) in [6.07, 6.45) is 1.57. The van der Waals surface area contributed by atoms with Crippen molar-refractivity contribution in [3.8, 4) is 5.75 Å². The predicted molar refractivity (Wildman–Crippen MR) is 93.8 cm³/mol. The van der Waals surface area contributed by atoms with E-state index in [1.54, 1.807) is 7.05 Å². The maximum absolute atomic E-state index is 12.0. The Morgan fingerprint density at radius 1 is 1.33 bits per heavy atom. The molecular weight excluding hydrogens is 328 g/mol. The molecular formula is C17H26N2O4S. The normalized spacial score (nSPS) is 19.4. The number of hydrogen-bond donors (Lipinski definition) is 1. The third-order valence-electron chi connectivity index (χ3n) is 4.11. The van der Waals surface area contributed by atoms with Gasteiger partial charge in [0.1, 0.15) is 5.75 Å². The summed E-state index contributed by atoms with van der Waals surface area (Å²) in [6, 6.07) is 7.59. The number of rotatable bonds is 8. The molecule has 1 aliphatic rings. The predicted octanol–water partition coefficient (Wildman–Crippen LogP) is 1.21. The number of ether oxygens (including phenoxy) is 1. The molecule has 1 unspecified atom stereocenters. The van der Waals surface area contributed by atoms with Gasteiger partial charge in [-0.2, -0.15) is 0 Å². The van der Waals surface area contributed by atoms with Gasteiger partial charge in [0, 0.05) is 12.6 Å². The number of benzene rings is 1. The van der Waals surface area contributed by atoms with Gasteiger partial charge in [-0.15, -0.1) is 0 Å². The fourth-order valence-electron chi connectivity index (χ4n) is 2.66. The highest BCUT2D eigenvalue weighted by Gasteiger charge is 2.31. The Bertz CT molecular complexity index is 643. The minimum atomic E-state index is -2.93. The third-order valence-corrected chi connectivity index (χ3v) is 5.86. The van der Waals surface area contributed by atoms with Crippen LogP contribution in [0.25, 0.3) is 0 Å². The van der Waals surface area contributed by atoms with Crippen molar-refractivity contribution in [2.75, 3.05) is 31.7 Å². The van der Waals surface area contributed by atoms with Crippen LogP contribution in [0.5, 0.6) is 5.75 Å². The van der Waals surface area contributed by atoms with Gasteiger partial charge in [0.05, 0.1) is 24.7 Å². The van der Waals surface area contributed by atoms with E-state index >= 15 is 0 Å². The smallest absolute Gasteiger partial charge is 0.234 e. The lowest BCUT2D eigenvalue weighted by Crippen LogP contribution is -2.41. The van der Waals surface area contributed by atoms with Crippen molar-refractivity contribution in [3.05, 3.63) is 29.8 Å². The maximum atomic E-state index is 12.0. The van der Waals surface area contributed by atoms with Crippen molar-refractivity contribution in [2.24, 2.45) is 0 Å². The Labute approximate surface area is 144 Å². The molecule has 0 aromatic heterocycles. The van der Waals surface area contributed by atoms with Gasteiger partial charge in [-0.25, -0.2) is 8.42 Å². The Morgan fingerprint density at radius 3 is 2.62 bits per heavy atom. The molecule has 1 amide bonds. The fraction of sp³-hybridized carbons (Fsp3) is 0.588. The molecule has 1 heterocycles. The summed E-state index contributed by atoms with van der Waals surface area (Å²) >= 11 is 0. The van der Waals surface area contributed by atoms with Gasteiger partial charge in [-0.05, 0) is 37.6 Å². The van der Waals surface area contributed by atoms with Crippen LogP contribution in [0.2, 0.25) is 0 Å². The first kappa shape index (κ1) is 18.7. The van der Waals surface area contributed by atoms with Gasteiger partial charge in [-0.3, -0.25) is 9.69 Å². The highest BCUT2D eigenvalue weighted by atomic mass is 32.2. The monoisotopic (exact) mass is 354 g/mol. The van der Waals surface area contributed by atoms with E-state index in [4.69, 9.17) is 4.74 Å². The Hall–Kier alpha value is -1.60. The number of hydrogen-bond acceptors (Lipinski definition) is 5. The van der Waals surface area contributed by atoms with Crippen molar-refractivity contribution < 1.29 is 17.9 Å². The molecule has 134 valence electrons. The lowest BCUT2D eigenvalue weighted by atomic mass is 10.2. The van der Waals surface area contributed by atoms with Crippen LogP contribution in [0.1, 0.15) is 25.3 Å². The average molecular weight is 354 g/mol. The summed E-state index contributed by atoms with van der Waals surface area (Å²) < 4.78 is 28.5. The van der Waals surface area contributed by atoms with Crippen LogP contribution in [0.3, 0.4) is 0 Å². The Kier molecular flexibility index (Phi) is 6.62. The van der Waals surface area contributed by atoms with Gasteiger partial charge in [0.2, 0.25) is 5.91 Å². The van der Waals surface area contributed by atoms with E-state index in [2.05, 4.69) is 12.2 Å². The SMILES string of the molecule is CCCOc1ccc(CNC(=O)CN(C)C2CCS(=O)(=O)C2)cc1. The van der Waals surface area contributed by atoms with E-state index in [1.165, 1.54) is 0 Å². The molecule has 1 N–H and O–H groups in total. The average Bonchev–Trinajstić information content (AvgIpc) is 2.92. The highest BCUT2D eigenvalue weighted by Crippen LogP contribution is 2.16. The molecule has 0 radical (unpaired) electrons. The van der Waals surface area contributed by atoms with Crippen molar-refractivity contribution in [2.45, 2.75) is 32.4 Å². The zero-order chi connectivity index (χ0) is 17.6. The van der Waals surface area contributed by atoms with Gasteiger partial charge < -0.3 is 10.1 Å². The van der Waals surface area contributed by atoms with E-state index in [1.807, 2.05) is 29.2 Å². The first-order valence-corrected chi connectivity index (χ1v) is 10.1. The van der Waals surface area contributed by atoms with E-state index in [0.717, 1.165) is 17.7 Å². The molecule has 1 fully saturated rings. The number of amides is 1. The molecule has 1 aromatic rings. The first-order chi connectivity index (χ1) is 11.4. The molecule has 1 aliphatic heterocycles. The van der Waals surface area contributed by atoms with Crippen LogP contribution in [0, 0.1) is 0 Å². The number of nitrogens with zero attached hydrogens (tertiary/aromatic N) is 1. The highest BCUT2D eigenvalue weighted by molar-refractivity contribution is 7.91. The largest absolute Gasteiger partial charge is 0.494 e. The van der Waals surface area contributed by atoms with Crippen molar-refractivity contribution in [1.29, 1.82) is 0 Å². The summed E-state index contributed by atoms with van der Waals surface area (Å²) in [7, 11) is -1.13. The molecule has 1 saturated heterocycles. The Morgan fingerprint density at radius 2 is 2.04 bits per heavy atom. The second kappa shape index (κ2) is 8.48. The van der Waals surface area contributed by atoms with Crippen molar-refractivity contribution >= 4 is 15.7 Å². The molecule has 2 rings (SSSR count). The van der Waals surface area contributed by atoms with E-state index in [-0.39, 0.29) is 30.0 Å². The summed E-state index contributed by atoms with van der Waals surface area (Å²) in [4.78, 5) is 13.8. The first-order valence-electron chi connectivity index (χ1n) is 8.28. The molecule has 0 bridgehead atoms. The quantitative estimate of drug-likeness (QED) is 0.759. The van der Waals surface area contributed by atoms with E-state index in [9.17, 15) is 13.2 Å². The number of carbonyl (C=O) groups excluding carboxylic acids is 1. The standard InChI is InChI=1S/C17H26N2O4S/c1-3-9-23-16-6-4-14(5-7-16)11-18-17(20)12-19(2)15-8-10-24(21,22)13-15/h4-7,15H,3,8-13H2,1-2H3,(H,18,20). The third kappa shape index (κ3) is 5.79. The van der Waals surface area contributed by atoms with Gasteiger partial charge in [0.15, 0.2) is 9.84 Å². The lowest BCUT2D eigenvalue weighted by molar-refractivity contribution is -0.122. The van der Waals surface area contributed by atoms with Crippen LogP contribution in [-0.4, -0.2) is 57.0 Å². The zero-order valence-electron chi connectivity index (χ0n) is 14.3. The maximum Gasteiger partial charge on any atom is 0.234 e. The van der Waals surface area contributed by atoms with Crippen LogP contribution >= 0.6 is 0 Å². The van der Waals surface area contributed by atoms with Crippen LogP contribution < -0.4 is 10.1 Å². The molecule has 24 heavy (non-hydrogen) atoms. The summed E-state index contributed by atoms with van der Waals surface area (Å²) in [5, 5.41) is 2.87. The number of carbonyl (C=O) groups is 1. The van der Waals surface area contributed by atoms with E-state index < -0.39 is 9.84 Å². The summed E-state index contributed by atoms with van der Waals surface area (Å²) in [5.74, 6) is 1.09. The van der Waals surface area contributed by atoms with Crippen molar-refractivity contribution in [1.82, 2.24) is 10.2 Å². The van der Waals surface area contributed by atoms with Crippen LogP contribution in [0.15, 0.2) is 24.3 Å². The zero-order valence-corrected chi connectivity index (χ0v) is 15.1. The molecule has 1 atom stereocenters. The molecule has 0 saturated carbocycles. The Balaban J connectivity index is 1.74. The molecule has 0 spiro atoms. The van der Waals surface area contributed by atoms with Gasteiger partial charge in [0.25, 0.3) is 0 Å². The second-order valence-electron chi connectivity index (χ2n) is 6.24. The second-order valence-corrected chi connectivity index (χ2v) is 8.47. The van der Waals surface area contributed by atoms with Crippen LogP contribution in [0.4, 0.5) is 0 Å². The molecule has 7 heteroatoms. The van der Waals surface area contributed by atoms with Crippen LogP contribution in [-0.2, 0) is 21.2 Å². The summed E-state index contributed by atoms with van der Waals surface area (Å²) in [6.45, 7) is 3.41. The van der Waals surface area contributed by atoms with Crippen molar-refractivity contribution in [3.63, 3.8) is 0 Å². The minimum absolute atomic E-state index is 0.0595. The van der Waals surface area contributed by atoms with Gasteiger partial charge in [-0.1, -0.05) is 19.1 Å². The fourth-order valence-corrected chi connectivity index (χ4v) is 4.46. The summed E-state index contributed by atoms with van der Waals surface area (Å²) in [5.41, 5.74) is 0.998. The van der Waals surface area contributed by atoms with E-state index in [0.29, 0.717) is 19.6 Å². The molecule has 0 aliphatic carbocycles. The number of sulfone groups is 1. The lowest BCUT2D eigenvalue weighted by Gasteiger charge is -2.22. The number of likely N-dealkylation sites (N-methyl/N-ethyl adjacent to an activating group) is 1. The minimum Gasteiger partial charge on any atom is -0.494 e. The van der Waals surface area contributed by atoms with Gasteiger partial charge >= 0.3 is 0 Å². The number of nitrogens with one attached hydrogen (secondary N) is 1. The topological polar surface area (TPSA) is 75.7 Å².